The molecule has 0 radical (unpaired) electrons. The van der Waals surface area contributed by atoms with Gasteiger partial charge >= 0.3 is 5.97 Å². The number of rotatable bonds is 10. The molecule has 0 fully saturated rings. The van der Waals surface area contributed by atoms with Gasteiger partial charge in [-0.1, -0.05) is 0 Å². The van der Waals surface area contributed by atoms with Crippen LogP contribution in [-0.2, 0) is 14.3 Å². The Kier molecular flexibility index (Phi) is 9.12. The summed E-state index contributed by atoms with van der Waals surface area (Å²) in [5, 5.41) is 18.2. The Hall–Kier alpha value is -0.690. The lowest BCUT2D eigenvalue weighted by Crippen LogP contribution is -2.40. The van der Waals surface area contributed by atoms with Crippen LogP contribution in [0.2, 0.25) is 0 Å². The van der Waals surface area contributed by atoms with Crippen LogP contribution in [0.5, 0.6) is 0 Å². The van der Waals surface area contributed by atoms with Crippen LogP contribution in [-0.4, -0.2) is 73.8 Å². The fraction of sp³-hybridized carbons (Fsp3) is 0.900. The second-order valence-corrected chi connectivity index (χ2v) is 3.43. The second-order valence-electron chi connectivity index (χ2n) is 3.43. The lowest BCUT2D eigenvalue weighted by Gasteiger charge is -2.22. The molecule has 0 aliphatic heterocycles. The molecule has 0 saturated heterocycles. The van der Waals surface area contributed by atoms with Gasteiger partial charge in [0.15, 0.2) is 0 Å². The predicted molar refractivity (Wildman–Crippen MR) is 58.5 cm³/mol. The first-order valence-corrected chi connectivity index (χ1v) is 5.29. The van der Waals surface area contributed by atoms with Gasteiger partial charge in [0.25, 0.3) is 0 Å². The Labute approximate surface area is 95.8 Å². The molecule has 16 heavy (non-hydrogen) atoms. The van der Waals surface area contributed by atoms with Crippen molar-refractivity contribution in [3.8, 4) is 0 Å². The molecule has 0 heterocycles. The van der Waals surface area contributed by atoms with Crippen molar-refractivity contribution in [1.82, 2.24) is 4.90 Å². The smallest absolute Gasteiger partial charge is 0.317 e. The zero-order valence-electron chi connectivity index (χ0n) is 9.89. The van der Waals surface area contributed by atoms with Crippen molar-refractivity contribution in [2.75, 3.05) is 46.6 Å². The predicted octanol–water partition coefficient (Wildman–Crippen LogP) is -0.583. The molecular formula is C10H21NO5. The standard InChI is InChI=1S/C10H21NO5/c1-3-16-8-9(12)6-11(4-5-15-2)7-10(13)14/h9,12H,3-8H2,1-2H3,(H,13,14). The zero-order chi connectivity index (χ0) is 12.4. The van der Waals surface area contributed by atoms with Crippen LogP contribution in [0, 0.1) is 0 Å². The topological polar surface area (TPSA) is 79.2 Å². The minimum atomic E-state index is -0.917. The monoisotopic (exact) mass is 235 g/mol. The highest BCUT2D eigenvalue weighted by atomic mass is 16.5. The molecule has 0 aliphatic carbocycles. The fourth-order valence-corrected chi connectivity index (χ4v) is 1.25. The van der Waals surface area contributed by atoms with Gasteiger partial charge in [-0.3, -0.25) is 9.69 Å². The summed E-state index contributed by atoms with van der Waals surface area (Å²) in [6.45, 7) is 3.68. The molecule has 0 rings (SSSR count). The summed E-state index contributed by atoms with van der Waals surface area (Å²) in [5.74, 6) is -0.917. The van der Waals surface area contributed by atoms with Crippen LogP contribution in [0.4, 0.5) is 0 Å². The number of carboxylic acids is 1. The van der Waals surface area contributed by atoms with Gasteiger partial charge in [0.1, 0.15) is 0 Å². The number of aliphatic hydroxyl groups is 1. The Bertz CT molecular complexity index is 188. The van der Waals surface area contributed by atoms with Gasteiger partial charge in [0.05, 0.1) is 25.9 Å². The van der Waals surface area contributed by atoms with E-state index < -0.39 is 12.1 Å². The Balaban J connectivity index is 3.92. The largest absolute Gasteiger partial charge is 0.480 e. The number of carboxylic acid groups (broad SMARTS) is 1. The van der Waals surface area contributed by atoms with E-state index in [-0.39, 0.29) is 19.7 Å². The number of carbonyl (C=O) groups is 1. The number of nitrogens with zero attached hydrogens (tertiary/aromatic N) is 1. The summed E-state index contributed by atoms with van der Waals surface area (Å²) < 4.78 is 9.92. The Morgan fingerprint density at radius 1 is 1.50 bits per heavy atom. The maximum Gasteiger partial charge on any atom is 0.317 e. The van der Waals surface area contributed by atoms with E-state index in [1.165, 1.54) is 0 Å². The number of aliphatic carboxylic acids is 1. The van der Waals surface area contributed by atoms with Crippen molar-refractivity contribution in [1.29, 1.82) is 0 Å². The SMILES string of the molecule is CCOCC(O)CN(CCOC)CC(=O)O. The van der Waals surface area contributed by atoms with Crippen LogP contribution in [0.25, 0.3) is 0 Å². The molecule has 0 bridgehead atoms. The van der Waals surface area contributed by atoms with E-state index in [1.807, 2.05) is 6.92 Å². The zero-order valence-corrected chi connectivity index (χ0v) is 9.89. The lowest BCUT2D eigenvalue weighted by atomic mass is 10.3. The third-order valence-electron chi connectivity index (χ3n) is 1.95. The van der Waals surface area contributed by atoms with Gasteiger partial charge < -0.3 is 19.7 Å². The number of hydrogen-bond donors (Lipinski definition) is 2. The van der Waals surface area contributed by atoms with Gasteiger partial charge in [0, 0.05) is 26.8 Å². The van der Waals surface area contributed by atoms with Gasteiger partial charge in [-0.2, -0.15) is 0 Å². The van der Waals surface area contributed by atoms with Crippen LogP contribution in [0.15, 0.2) is 0 Å². The van der Waals surface area contributed by atoms with Crippen molar-refractivity contribution >= 4 is 5.97 Å². The van der Waals surface area contributed by atoms with E-state index in [4.69, 9.17) is 14.6 Å². The molecule has 6 heteroatoms. The van der Waals surface area contributed by atoms with E-state index in [0.29, 0.717) is 19.8 Å². The van der Waals surface area contributed by atoms with Crippen LogP contribution < -0.4 is 0 Å². The molecular weight excluding hydrogens is 214 g/mol. The summed E-state index contributed by atoms with van der Waals surface area (Å²) in [6.07, 6.45) is -0.670. The van der Waals surface area contributed by atoms with E-state index in [9.17, 15) is 9.90 Å². The van der Waals surface area contributed by atoms with Crippen molar-refractivity contribution in [2.24, 2.45) is 0 Å². The highest BCUT2D eigenvalue weighted by Gasteiger charge is 2.14. The molecule has 0 aromatic carbocycles. The van der Waals surface area contributed by atoms with Crippen molar-refractivity contribution in [3.05, 3.63) is 0 Å². The minimum absolute atomic E-state index is 0.105. The first-order chi connectivity index (χ1) is 7.60. The maximum absolute atomic E-state index is 10.6. The molecule has 1 unspecified atom stereocenters. The number of aliphatic hydroxyl groups excluding tert-OH is 1. The van der Waals surface area contributed by atoms with E-state index in [1.54, 1.807) is 12.0 Å². The van der Waals surface area contributed by atoms with Crippen molar-refractivity contribution in [2.45, 2.75) is 13.0 Å². The first kappa shape index (κ1) is 15.3. The van der Waals surface area contributed by atoms with Crippen LogP contribution in [0.3, 0.4) is 0 Å². The van der Waals surface area contributed by atoms with Crippen molar-refractivity contribution in [3.63, 3.8) is 0 Å². The summed E-state index contributed by atoms with van der Waals surface area (Å²) in [4.78, 5) is 12.2. The Morgan fingerprint density at radius 2 is 2.19 bits per heavy atom. The van der Waals surface area contributed by atoms with Gasteiger partial charge in [-0.25, -0.2) is 0 Å². The lowest BCUT2D eigenvalue weighted by molar-refractivity contribution is -0.138. The third kappa shape index (κ3) is 8.60. The average Bonchev–Trinajstić information content (AvgIpc) is 2.22. The quantitative estimate of drug-likeness (QED) is 0.527. The molecule has 0 aromatic heterocycles. The van der Waals surface area contributed by atoms with E-state index in [2.05, 4.69) is 0 Å². The molecule has 2 N–H and O–H groups in total. The Morgan fingerprint density at radius 3 is 2.69 bits per heavy atom. The molecule has 6 nitrogen and oxygen atoms in total. The summed E-state index contributed by atoms with van der Waals surface area (Å²) in [5.41, 5.74) is 0. The maximum atomic E-state index is 10.6. The fourth-order valence-electron chi connectivity index (χ4n) is 1.25. The normalized spacial score (nSPS) is 13.0. The third-order valence-corrected chi connectivity index (χ3v) is 1.95. The number of ether oxygens (including phenoxy) is 2. The van der Waals surface area contributed by atoms with Gasteiger partial charge in [0.2, 0.25) is 0 Å². The first-order valence-electron chi connectivity index (χ1n) is 5.29. The van der Waals surface area contributed by atoms with Gasteiger partial charge in [-0.15, -0.1) is 0 Å². The van der Waals surface area contributed by atoms with E-state index >= 15 is 0 Å². The summed E-state index contributed by atoms with van der Waals surface area (Å²) in [7, 11) is 1.55. The molecule has 0 spiro atoms. The average molecular weight is 235 g/mol. The number of hydrogen-bond acceptors (Lipinski definition) is 5. The molecule has 1 atom stereocenters. The minimum Gasteiger partial charge on any atom is -0.480 e. The second kappa shape index (κ2) is 9.53. The highest BCUT2D eigenvalue weighted by Crippen LogP contribution is 1.94. The molecule has 0 aliphatic rings. The molecule has 96 valence electrons. The summed E-state index contributed by atoms with van der Waals surface area (Å²) >= 11 is 0. The summed E-state index contributed by atoms with van der Waals surface area (Å²) in [6, 6.07) is 0. The number of methoxy groups -OCH3 is 1. The molecule has 0 aromatic rings. The van der Waals surface area contributed by atoms with Crippen LogP contribution in [0.1, 0.15) is 6.92 Å². The van der Waals surface area contributed by atoms with Crippen LogP contribution >= 0.6 is 0 Å². The molecule has 0 amide bonds. The van der Waals surface area contributed by atoms with E-state index in [0.717, 1.165) is 0 Å². The van der Waals surface area contributed by atoms with Crippen molar-refractivity contribution < 1.29 is 24.5 Å². The van der Waals surface area contributed by atoms with Gasteiger partial charge in [-0.05, 0) is 6.92 Å². The highest BCUT2D eigenvalue weighted by molar-refractivity contribution is 5.69. The molecule has 0 saturated carbocycles.